The lowest BCUT2D eigenvalue weighted by molar-refractivity contribution is -0.121. The molecular formula is C37H38N4O4. The van der Waals surface area contributed by atoms with Crippen LogP contribution in [0.2, 0.25) is 0 Å². The molecule has 5 rings (SSSR count). The van der Waals surface area contributed by atoms with Crippen LogP contribution in [-0.4, -0.2) is 60.1 Å². The summed E-state index contributed by atoms with van der Waals surface area (Å²) < 4.78 is 0. The number of piperidine rings is 1. The van der Waals surface area contributed by atoms with Crippen LogP contribution in [0.1, 0.15) is 44.7 Å². The Balaban J connectivity index is 1.04. The number of likely N-dealkylation sites (N-methyl/N-ethyl adjacent to an activating group) is 1. The molecular weight excluding hydrogens is 564 g/mol. The summed E-state index contributed by atoms with van der Waals surface area (Å²) in [5, 5.41) is 5.85. The van der Waals surface area contributed by atoms with E-state index in [0.717, 1.165) is 12.0 Å². The van der Waals surface area contributed by atoms with Crippen LogP contribution in [0.5, 0.6) is 0 Å². The molecule has 4 amide bonds. The second kappa shape index (κ2) is 15.0. The van der Waals surface area contributed by atoms with Crippen molar-refractivity contribution in [2.75, 3.05) is 37.3 Å². The van der Waals surface area contributed by atoms with Crippen LogP contribution in [0.3, 0.4) is 0 Å². The molecule has 8 nitrogen and oxygen atoms in total. The maximum Gasteiger partial charge on any atom is 0.253 e. The summed E-state index contributed by atoms with van der Waals surface area (Å²) in [6.07, 6.45) is 2.18. The van der Waals surface area contributed by atoms with Crippen molar-refractivity contribution in [2.24, 2.45) is 5.92 Å². The number of carbonyl (C=O) groups excluding carboxylic acids is 4. The smallest absolute Gasteiger partial charge is 0.253 e. The molecule has 4 aromatic rings. The molecule has 0 aliphatic carbocycles. The zero-order valence-corrected chi connectivity index (χ0v) is 25.4. The van der Waals surface area contributed by atoms with Crippen LogP contribution >= 0.6 is 0 Å². The van der Waals surface area contributed by atoms with E-state index in [4.69, 9.17) is 0 Å². The Hall–Kier alpha value is -5.24. The number of hydrogen-bond donors (Lipinski definition) is 2. The highest BCUT2D eigenvalue weighted by Gasteiger charge is 2.28. The fourth-order valence-electron chi connectivity index (χ4n) is 5.41. The minimum absolute atomic E-state index is 0.000751. The van der Waals surface area contributed by atoms with E-state index in [-0.39, 0.29) is 36.0 Å². The van der Waals surface area contributed by atoms with Gasteiger partial charge in [0.15, 0.2) is 0 Å². The fourth-order valence-corrected chi connectivity index (χ4v) is 5.41. The van der Waals surface area contributed by atoms with Crippen molar-refractivity contribution in [3.05, 3.63) is 131 Å². The molecule has 1 heterocycles. The average Bonchev–Trinajstić information content (AvgIpc) is 3.08. The van der Waals surface area contributed by atoms with Gasteiger partial charge in [-0.05, 0) is 78.9 Å². The lowest BCUT2D eigenvalue weighted by Crippen LogP contribution is -2.41. The van der Waals surface area contributed by atoms with Gasteiger partial charge >= 0.3 is 0 Å². The van der Waals surface area contributed by atoms with Gasteiger partial charge in [0.2, 0.25) is 11.8 Å². The van der Waals surface area contributed by atoms with Crippen molar-refractivity contribution in [1.29, 1.82) is 0 Å². The topological polar surface area (TPSA) is 98.8 Å². The summed E-state index contributed by atoms with van der Waals surface area (Å²) in [4.78, 5) is 54.5. The zero-order valence-electron chi connectivity index (χ0n) is 25.4. The Morgan fingerprint density at radius 2 is 1.27 bits per heavy atom. The van der Waals surface area contributed by atoms with Gasteiger partial charge in [-0.2, -0.15) is 0 Å². The van der Waals surface area contributed by atoms with Crippen LogP contribution in [0.4, 0.5) is 11.4 Å². The summed E-state index contributed by atoms with van der Waals surface area (Å²) in [5.74, 6) is -0.468. The molecule has 0 unspecified atom stereocenters. The monoisotopic (exact) mass is 602 g/mol. The standard InChI is InChI=1S/C37H38N4O4/c1-40(23-20-27-8-4-2-5-9-27)36(44)31-14-18-32(19-15-31)38-34(42)26-28-12-16-33(17-13-28)39-35(43)29-21-24-41(25-22-29)37(45)30-10-6-3-7-11-30/h2-19,29H,20-26H2,1H3,(H,38,42)(H,39,43). The van der Waals surface area contributed by atoms with Crippen LogP contribution < -0.4 is 10.6 Å². The molecule has 0 radical (unpaired) electrons. The molecule has 1 fully saturated rings. The lowest BCUT2D eigenvalue weighted by Gasteiger charge is -2.31. The molecule has 230 valence electrons. The van der Waals surface area contributed by atoms with Gasteiger partial charge in [-0.25, -0.2) is 0 Å². The quantitative estimate of drug-likeness (QED) is 0.244. The van der Waals surface area contributed by atoms with E-state index < -0.39 is 0 Å². The predicted octanol–water partition coefficient (Wildman–Crippen LogP) is 5.67. The van der Waals surface area contributed by atoms with Crippen LogP contribution in [-0.2, 0) is 22.4 Å². The molecule has 0 saturated carbocycles. The summed E-state index contributed by atoms with van der Waals surface area (Å²) in [7, 11) is 1.79. The summed E-state index contributed by atoms with van der Waals surface area (Å²) in [5.41, 5.74) is 4.50. The van der Waals surface area contributed by atoms with Crippen molar-refractivity contribution in [3.63, 3.8) is 0 Å². The molecule has 1 aliphatic heterocycles. The first-order chi connectivity index (χ1) is 21.9. The van der Waals surface area contributed by atoms with Gasteiger partial charge in [0.1, 0.15) is 0 Å². The maximum absolute atomic E-state index is 12.9. The van der Waals surface area contributed by atoms with Crippen molar-refractivity contribution in [3.8, 4) is 0 Å². The Morgan fingerprint density at radius 3 is 1.91 bits per heavy atom. The van der Waals surface area contributed by atoms with E-state index >= 15 is 0 Å². The van der Waals surface area contributed by atoms with E-state index in [9.17, 15) is 19.2 Å². The Bertz CT molecular complexity index is 1600. The third kappa shape index (κ3) is 8.66. The molecule has 1 aliphatic rings. The Morgan fingerprint density at radius 1 is 0.689 bits per heavy atom. The number of benzene rings is 4. The third-order valence-corrected chi connectivity index (χ3v) is 8.10. The minimum atomic E-state index is -0.178. The molecule has 0 atom stereocenters. The first kappa shape index (κ1) is 31.2. The maximum atomic E-state index is 12.9. The van der Waals surface area contributed by atoms with Gasteiger partial charge < -0.3 is 20.4 Å². The van der Waals surface area contributed by atoms with Gasteiger partial charge in [0, 0.05) is 55.1 Å². The normalized spacial score (nSPS) is 13.1. The van der Waals surface area contributed by atoms with E-state index in [1.54, 1.807) is 53.2 Å². The summed E-state index contributed by atoms with van der Waals surface area (Å²) in [6, 6.07) is 33.4. The highest BCUT2D eigenvalue weighted by molar-refractivity contribution is 5.97. The Kier molecular flexibility index (Phi) is 10.4. The van der Waals surface area contributed by atoms with Gasteiger partial charge in [-0.1, -0.05) is 60.7 Å². The number of likely N-dealkylation sites (tertiary alicyclic amines) is 1. The fraction of sp³-hybridized carbons (Fsp3) is 0.243. The molecule has 8 heteroatoms. The third-order valence-electron chi connectivity index (χ3n) is 8.10. The number of carbonyl (C=O) groups is 4. The molecule has 0 spiro atoms. The van der Waals surface area contributed by atoms with Gasteiger partial charge in [-0.15, -0.1) is 0 Å². The van der Waals surface area contributed by atoms with Gasteiger partial charge in [0.25, 0.3) is 11.8 Å². The number of hydrogen-bond acceptors (Lipinski definition) is 4. The first-order valence-corrected chi connectivity index (χ1v) is 15.3. The minimum Gasteiger partial charge on any atom is -0.341 e. The second-order valence-electron chi connectivity index (χ2n) is 11.4. The van der Waals surface area contributed by atoms with Crippen LogP contribution in [0.15, 0.2) is 109 Å². The van der Waals surface area contributed by atoms with Crippen molar-refractivity contribution < 1.29 is 19.2 Å². The van der Waals surface area contributed by atoms with Gasteiger partial charge in [0.05, 0.1) is 6.42 Å². The highest BCUT2D eigenvalue weighted by Crippen LogP contribution is 2.22. The number of nitrogens with one attached hydrogen (secondary N) is 2. The first-order valence-electron chi connectivity index (χ1n) is 15.3. The number of nitrogens with zero attached hydrogens (tertiary/aromatic N) is 2. The molecule has 45 heavy (non-hydrogen) atoms. The van der Waals surface area contributed by atoms with Crippen LogP contribution in [0, 0.1) is 5.92 Å². The number of amides is 4. The summed E-state index contributed by atoms with van der Waals surface area (Å²) >= 11 is 0. The molecule has 1 saturated heterocycles. The van der Waals surface area contributed by atoms with Gasteiger partial charge in [-0.3, -0.25) is 19.2 Å². The number of anilines is 2. The molecule has 2 N–H and O–H groups in total. The average molecular weight is 603 g/mol. The van der Waals surface area contributed by atoms with Crippen molar-refractivity contribution >= 4 is 35.0 Å². The predicted molar refractivity (Wildman–Crippen MR) is 176 cm³/mol. The Labute approximate surface area is 264 Å². The van der Waals surface area contributed by atoms with E-state index in [2.05, 4.69) is 10.6 Å². The van der Waals surface area contributed by atoms with Crippen molar-refractivity contribution in [2.45, 2.75) is 25.7 Å². The highest BCUT2D eigenvalue weighted by atomic mass is 16.2. The molecule has 0 bridgehead atoms. The molecule has 4 aromatic carbocycles. The van der Waals surface area contributed by atoms with Crippen LogP contribution in [0.25, 0.3) is 0 Å². The molecule has 0 aromatic heterocycles. The largest absolute Gasteiger partial charge is 0.341 e. The van der Waals surface area contributed by atoms with E-state index in [1.165, 1.54) is 5.56 Å². The lowest BCUT2D eigenvalue weighted by atomic mass is 9.95. The summed E-state index contributed by atoms with van der Waals surface area (Å²) in [6.45, 7) is 1.70. The van der Waals surface area contributed by atoms with E-state index in [1.807, 2.05) is 72.8 Å². The number of rotatable bonds is 10. The van der Waals surface area contributed by atoms with E-state index in [0.29, 0.717) is 55.0 Å². The zero-order chi connectivity index (χ0) is 31.6. The van der Waals surface area contributed by atoms with Crippen molar-refractivity contribution in [1.82, 2.24) is 9.80 Å². The second-order valence-corrected chi connectivity index (χ2v) is 11.4. The SMILES string of the molecule is CN(CCc1ccccc1)C(=O)c1ccc(NC(=O)Cc2ccc(NC(=O)C3CCN(C(=O)c4ccccc4)CC3)cc2)cc1.